The molecular formula is C20H28N4O. The third-order valence-corrected chi connectivity index (χ3v) is 5.43. The maximum absolute atomic E-state index is 6.10. The van der Waals surface area contributed by atoms with Gasteiger partial charge in [0.05, 0.1) is 11.7 Å². The molecule has 2 aromatic rings. The lowest BCUT2D eigenvalue weighted by atomic mass is 9.93. The molecule has 1 aliphatic carbocycles. The Morgan fingerprint density at radius 3 is 2.76 bits per heavy atom. The number of pyridine rings is 1. The lowest BCUT2D eigenvalue weighted by molar-refractivity contribution is -0.0143. The Morgan fingerprint density at radius 1 is 1.32 bits per heavy atom. The minimum atomic E-state index is -0.00846. The van der Waals surface area contributed by atoms with Crippen LogP contribution in [0.5, 0.6) is 0 Å². The SMILES string of the molecule is C=C(C[C@@H]1CCC(C)(C)O1)Nc1nc2ccc(C)nc2n1C1CCC1. The molecule has 1 atom stereocenters. The van der Waals surface area contributed by atoms with Crippen LogP contribution in [0, 0.1) is 6.92 Å². The number of ether oxygens (including phenoxy) is 1. The zero-order chi connectivity index (χ0) is 17.6. The van der Waals surface area contributed by atoms with E-state index >= 15 is 0 Å². The number of rotatable bonds is 5. The van der Waals surface area contributed by atoms with E-state index in [0.29, 0.717) is 6.04 Å². The van der Waals surface area contributed by atoms with Crippen LogP contribution in [-0.4, -0.2) is 26.2 Å². The van der Waals surface area contributed by atoms with E-state index in [1.165, 1.54) is 19.3 Å². The molecule has 5 nitrogen and oxygen atoms in total. The molecule has 0 unspecified atom stereocenters. The van der Waals surface area contributed by atoms with Crippen molar-refractivity contribution < 1.29 is 4.74 Å². The number of hydrogen-bond donors (Lipinski definition) is 1. The molecule has 3 heterocycles. The highest BCUT2D eigenvalue weighted by molar-refractivity contribution is 5.75. The lowest BCUT2D eigenvalue weighted by Crippen LogP contribution is -2.22. The summed E-state index contributed by atoms with van der Waals surface area (Å²) in [4.78, 5) is 9.52. The molecule has 5 heteroatoms. The van der Waals surface area contributed by atoms with E-state index in [0.717, 1.165) is 47.8 Å². The summed E-state index contributed by atoms with van der Waals surface area (Å²) >= 11 is 0. The van der Waals surface area contributed by atoms with E-state index in [9.17, 15) is 0 Å². The third kappa shape index (κ3) is 3.30. The highest BCUT2D eigenvalue weighted by atomic mass is 16.5. The molecule has 0 bridgehead atoms. The van der Waals surface area contributed by atoms with Gasteiger partial charge in [-0.3, -0.25) is 4.57 Å². The van der Waals surface area contributed by atoms with E-state index in [4.69, 9.17) is 14.7 Å². The molecular weight excluding hydrogens is 312 g/mol. The van der Waals surface area contributed by atoms with Gasteiger partial charge >= 0.3 is 0 Å². The van der Waals surface area contributed by atoms with Gasteiger partial charge in [0.25, 0.3) is 0 Å². The van der Waals surface area contributed by atoms with Crippen LogP contribution < -0.4 is 5.32 Å². The van der Waals surface area contributed by atoms with Crippen LogP contribution in [0.4, 0.5) is 5.95 Å². The van der Waals surface area contributed by atoms with E-state index < -0.39 is 0 Å². The maximum atomic E-state index is 6.10. The van der Waals surface area contributed by atoms with Gasteiger partial charge in [0.2, 0.25) is 5.95 Å². The van der Waals surface area contributed by atoms with E-state index in [1.54, 1.807) is 0 Å². The zero-order valence-corrected chi connectivity index (χ0v) is 15.5. The Balaban J connectivity index is 1.55. The number of nitrogens with one attached hydrogen (secondary N) is 1. The summed E-state index contributed by atoms with van der Waals surface area (Å²) in [5.41, 5.74) is 3.92. The highest BCUT2D eigenvalue weighted by Gasteiger charge is 2.32. The van der Waals surface area contributed by atoms with Gasteiger partial charge in [-0.15, -0.1) is 0 Å². The number of anilines is 1. The van der Waals surface area contributed by atoms with Gasteiger partial charge in [-0.05, 0) is 65.0 Å². The molecule has 1 N–H and O–H groups in total. The monoisotopic (exact) mass is 340 g/mol. The second-order valence-electron chi connectivity index (χ2n) is 8.16. The summed E-state index contributed by atoms with van der Waals surface area (Å²) in [6.45, 7) is 10.6. The average molecular weight is 340 g/mol. The Hall–Kier alpha value is -1.88. The summed E-state index contributed by atoms with van der Waals surface area (Å²) in [5, 5.41) is 3.46. The van der Waals surface area contributed by atoms with E-state index in [1.807, 2.05) is 13.0 Å². The van der Waals surface area contributed by atoms with Crippen molar-refractivity contribution in [1.29, 1.82) is 0 Å². The van der Waals surface area contributed by atoms with E-state index in [2.05, 4.69) is 36.4 Å². The Bertz CT molecular complexity index is 803. The van der Waals surface area contributed by atoms with Crippen molar-refractivity contribution in [3.63, 3.8) is 0 Å². The molecule has 134 valence electrons. The van der Waals surface area contributed by atoms with Gasteiger partial charge in [-0.2, -0.15) is 0 Å². The smallest absolute Gasteiger partial charge is 0.209 e. The second-order valence-corrected chi connectivity index (χ2v) is 8.16. The summed E-state index contributed by atoms with van der Waals surface area (Å²) in [7, 11) is 0. The van der Waals surface area contributed by atoms with Crippen LogP contribution in [-0.2, 0) is 4.74 Å². The van der Waals surface area contributed by atoms with Crippen molar-refractivity contribution in [2.45, 2.75) is 77.0 Å². The minimum absolute atomic E-state index is 0.00846. The topological polar surface area (TPSA) is 52.0 Å². The molecule has 2 aromatic heterocycles. The predicted octanol–water partition coefficient (Wildman–Crippen LogP) is 4.74. The summed E-state index contributed by atoms with van der Waals surface area (Å²) < 4.78 is 8.38. The Labute approximate surface area is 149 Å². The summed E-state index contributed by atoms with van der Waals surface area (Å²) in [6, 6.07) is 4.58. The zero-order valence-electron chi connectivity index (χ0n) is 15.5. The molecule has 0 radical (unpaired) electrons. The molecule has 1 saturated carbocycles. The molecule has 4 rings (SSSR count). The molecule has 0 amide bonds. The number of aryl methyl sites for hydroxylation is 1. The van der Waals surface area contributed by atoms with Gasteiger partial charge < -0.3 is 10.1 Å². The van der Waals surface area contributed by atoms with Gasteiger partial charge in [0.1, 0.15) is 5.52 Å². The standard InChI is InChI=1S/C20H28N4O/c1-13-8-9-17-18(21-13)24(15-6-5-7-15)19(23-17)22-14(2)12-16-10-11-20(3,4)25-16/h8-9,15-16H,2,5-7,10-12H2,1,3-4H3,(H,22,23)/t16-/m0/s1. The molecule has 0 spiro atoms. The number of fused-ring (bicyclic) bond motifs is 1. The number of hydrogen-bond acceptors (Lipinski definition) is 4. The first-order valence-corrected chi connectivity index (χ1v) is 9.39. The molecule has 0 aromatic carbocycles. The first-order valence-electron chi connectivity index (χ1n) is 9.39. The molecule has 25 heavy (non-hydrogen) atoms. The van der Waals surface area contributed by atoms with Gasteiger partial charge in [-0.1, -0.05) is 6.58 Å². The molecule has 2 aliphatic rings. The van der Waals surface area contributed by atoms with Crippen molar-refractivity contribution >= 4 is 17.1 Å². The fourth-order valence-electron chi connectivity index (χ4n) is 3.85. The predicted molar refractivity (Wildman–Crippen MR) is 101 cm³/mol. The quantitative estimate of drug-likeness (QED) is 0.854. The van der Waals surface area contributed by atoms with Crippen molar-refractivity contribution in [2.24, 2.45) is 0 Å². The molecule has 2 fully saturated rings. The van der Waals surface area contributed by atoms with Crippen molar-refractivity contribution in [3.8, 4) is 0 Å². The first-order chi connectivity index (χ1) is 11.9. The fourth-order valence-corrected chi connectivity index (χ4v) is 3.85. The fraction of sp³-hybridized carbons (Fsp3) is 0.600. The van der Waals surface area contributed by atoms with Crippen LogP contribution in [0.1, 0.15) is 64.1 Å². The van der Waals surface area contributed by atoms with Crippen LogP contribution in [0.2, 0.25) is 0 Å². The number of imidazole rings is 1. The lowest BCUT2D eigenvalue weighted by Gasteiger charge is -2.29. The van der Waals surface area contributed by atoms with Crippen molar-refractivity contribution in [2.75, 3.05) is 5.32 Å². The normalized spacial score (nSPS) is 22.9. The van der Waals surface area contributed by atoms with Crippen LogP contribution in [0.3, 0.4) is 0 Å². The summed E-state index contributed by atoms with van der Waals surface area (Å²) in [5.74, 6) is 0.875. The van der Waals surface area contributed by atoms with Gasteiger partial charge in [0.15, 0.2) is 5.65 Å². The van der Waals surface area contributed by atoms with Crippen molar-refractivity contribution in [3.05, 3.63) is 30.1 Å². The first kappa shape index (κ1) is 16.6. The Kier molecular flexibility index (Phi) is 4.07. The highest BCUT2D eigenvalue weighted by Crippen LogP contribution is 2.37. The summed E-state index contributed by atoms with van der Waals surface area (Å²) in [6.07, 6.45) is 6.94. The van der Waals surface area contributed by atoms with Crippen LogP contribution in [0.25, 0.3) is 11.2 Å². The largest absolute Gasteiger partial charge is 0.372 e. The molecule has 1 aliphatic heterocycles. The van der Waals surface area contributed by atoms with Gasteiger partial charge in [-0.25, -0.2) is 9.97 Å². The minimum Gasteiger partial charge on any atom is -0.372 e. The average Bonchev–Trinajstić information content (AvgIpc) is 2.98. The van der Waals surface area contributed by atoms with E-state index in [-0.39, 0.29) is 11.7 Å². The number of aromatic nitrogens is 3. The molecule has 1 saturated heterocycles. The third-order valence-electron chi connectivity index (χ3n) is 5.43. The second kappa shape index (κ2) is 6.13. The van der Waals surface area contributed by atoms with Crippen molar-refractivity contribution in [1.82, 2.24) is 14.5 Å². The Morgan fingerprint density at radius 2 is 2.12 bits per heavy atom. The van der Waals surface area contributed by atoms with Crippen LogP contribution >= 0.6 is 0 Å². The van der Waals surface area contributed by atoms with Crippen LogP contribution in [0.15, 0.2) is 24.4 Å². The number of nitrogens with zero attached hydrogens (tertiary/aromatic N) is 3. The van der Waals surface area contributed by atoms with Gasteiger partial charge in [0, 0.05) is 23.9 Å². The maximum Gasteiger partial charge on any atom is 0.209 e.